The molecule has 44 heavy (non-hydrogen) atoms. The van der Waals surface area contributed by atoms with Crippen molar-refractivity contribution < 1.29 is 24.1 Å². The summed E-state index contributed by atoms with van der Waals surface area (Å²) in [5.74, 6) is 0. The molecule has 0 saturated carbocycles. The van der Waals surface area contributed by atoms with Crippen LogP contribution in [0.5, 0.6) is 0 Å². The Kier molecular flexibility index (Phi) is 8.59. The summed E-state index contributed by atoms with van der Waals surface area (Å²) in [6, 6.07) is 10.3. The summed E-state index contributed by atoms with van der Waals surface area (Å²) >= 11 is 1.53. The predicted molar refractivity (Wildman–Crippen MR) is 171 cm³/mol. The molecule has 3 aromatic rings. The normalized spacial score (nSPS) is 23.9. The molecule has 3 aliphatic heterocycles. The maximum Gasteiger partial charge on any atom is 0.410 e. The third kappa shape index (κ3) is 6.16. The highest BCUT2D eigenvalue weighted by atomic mass is 32.1. The van der Waals surface area contributed by atoms with E-state index in [1.165, 1.54) is 11.3 Å². The predicted octanol–water partition coefficient (Wildman–Crippen LogP) is 6.39. The first kappa shape index (κ1) is 30.8. The molecule has 2 aromatic heterocycles. The minimum absolute atomic E-state index is 0.0165. The Hall–Kier alpha value is -3.23. The van der Waals surface area contributed by atoms with Gasteiger partial charge >= 0.3 is 6.09 Å². The van der Waals surface area contributed by atoms with E-state index < -0.39 is 11.1 Å². The monoisotopic (exact) mass is 618 g/mol. The van der Waals surface area contributed by atoms with Gasteiger partial charge in [0.1, 0.15) is 5.60 Å². The van der Waals surface area contributed by atoms with Gasteiger partial charge in [-0.05, 0) is 96.0 Å². The van der Waals surface area contributed by atoms with Gasteiger partial charge in [-0.1, -0.05) is 0 Å². The smallest absolute Gasteiger partial charge is 0.410 e. The van der Waals surface area contributed by atoms with Crippen molar-refractivity contribution in [3.05, 3.63) is 46.5 Å². The number of aliphatic hydroxyl groups excluding tert-OH is 1. The van der Waals surface area contributed by atoms with Crippen LogP contribution >= 0.6 is 11.3 Å². The van der Waals surface area contributed by atoms with Gasteiger partial charge in [0.15, 0.2) is 6.29 Å². The first-order valence-corrected chi connectivity index (χ1v) is 16.5. The minimum atomic E-state index is -0.622. The van der Waals surface area contributed by atoms with Crippen LogP contribution in [0.25, 0.3) is 21.3 Å². The van der Waals surface area contributed by atoms with Crippen LogP contribution in [0.1, 0.15) is 75.8 Å². The molecule has 3 aliphatic rings. The lowest BCUT2D eigenvalue weighted by molar-refractivity contribution is -0.177. The highest BCUT2D eigenvalue weighted by Gasteiger charge is 2.49. The van der Waals surface area contributed by atoms with Gasteiger partial charge < -0.3 is 24.2 Å². The molecule has 5 heterocycles. The van der Waals surface area contributed by atoms with Crippen LogP contribution in [0.3, 0.4) is 0 Å². The zero-order valence-electron chi connectivity index (χ0n) is 26.1. The number of carbonyl (C=O) groups excluding carboxylic acids is 1. The summed E-state index contributed by atoms with van der Waals surface area (Å²) < 4.78 is 19.1. The van der Waals surface area contributed by atoms with Gasteiger partial charge in [0.05, 0.1) is 40.6 Å². The van der Waals surface area contributed by atoms with E-state index in [0.29, 0.717) is 31.7 Å². The highest BCUT2D eigenvalue weighted by Crippen LogP contribution is 2.46. The fourth-order valence-corrected chi connectivity index (χ4v) is 7.88. The number of likely N-dealkylation sites (tertiary alicyclic amines) is 1. The van der Waals surface area contributed by atoms with E-state index in [1.807, 2.05) is 49.9 Å². The Balaban J connectivity index is 1.39. The number of aliphatic hydroxyl groups is 1. The second-order valence-corrected chi connectivity index (χ2v) is 14.6. The first-order valence-electron chi connectivity index (χ1n) is 15.6. The fraction of sp³-hybridized carbons (Fsp3) is 0.559. The number of fused-ring (bicyclic) bond motifs is 2. The summed E-state index contributed by atoms with van der Waals surface area (Å²) in [5, 5.41) is 19.8. The lowest BCUT2D eigenvalue weighted by Crippen LogP contribution is -2.50. The molecule has 1 amide bonds. The van der Waals surface area contributed by atoms with Gasteiger partial charge in [-0.15, -0.1) is 11.3 Å². The number of benzene rings is 1. The standard InChI is InChI=1S/C34H42N4O5S/c1-33(2,3)43-32(40)38-19-24(17-34(38,4)21-42-29-9-5-6-13-41-29)37-12-7-8-23-14-22(18-35)15-27(30(23)37)26-10-11-36-28-16-25(20-39)44-31(26)28/h10-11,14-16,24,29,39H,5-9,12-13,17,19-21H2,1-4H3/t24-,29?,34+/m0/s1. The number of amides is 1. The maximum absolute atomic E-state index is 13.7. The number of thiophene rings is 1. The van der Waals surface area contributed by atoms with E-state index in [2.05, 4.69) is 22.9 Å². The van der Waals surface area contributed by atoms with E-state index in [-0.39, 0.29) is 25.0 Å². The number of anilines is 1. The quantitative estimate of drug-likeness (QED) is 0.339. The summed E-state index contributed by atoms with van der Waals surface area (Å²) in [4.78, 5) is 23.4. The zero-order chi connectivity index (χ0) is 31.1. The minimum Gasteiger partial charge on any atom is -0.444 e. The summed E-state index contributed by atoms with van der Waals surface area (Å²) in [6.07, 6.45) is 6.71. The van der Waals surface area contributed by atoms with Crippen molar-refractivity contribution in [2.45, 2.75) is 96.3 Å². The molecule has 1 unspecified atom stereocenters. The molecule has 0 radical (unpaired) electrons. The van der Waals surface area contributed by atoms with E-state index in [4.69, 9.17) is 14.2 Å². The molecule has 9 nitrogen and oxygen atoms in total. The molecular formula is C34H42N4O5S. The highest BCUT2D eigenvalue weighted by molar-refractivity contribution is 7.19. The second kappa shape index (κ2) is 12.3. The Morgan fingerprint density at radius 2 is 2.09 bits per heavy atom. The Morgan fingerprint density at radius 1 is 1.25 bits per heavy atom. The van der Waals surface area contributed by atoms with Crippen LogP contribution in [0, 0.1) is 11.3 Å². The van der Waals surface area contributed by atoms with Crippen molar-refractivity contribution in [2.75, 3.05) is 31.2 Å². The number of hydrogen-bond donors (Lipinski definition) is 1. The number of nitrogens with zero attached hydrogens (tertiary/aromatic N) is 4. The van der Waals surface area contributed by atoms with Crippen molar-refractivity contribution in [3.8, 4) is 17.2 Å². The fourth-order valence-electron chi connectivity index (χ4n) is 6.87. The Bertz CT molecular complexity index is 1570. The number of nitriles is 1. The van der Waals surface area contributed by atoms with Crippen LogP contribution in [0.15, 0.2) is 30.5 Å². The lowest BCUT2D eigenvalue weighted by atomic mass is 9.89. The van der Waals surface area contributed by atoms with Gasteiger partial charge in [0, 0.05) is 53.6 Å². The summed E-state index contributed by atoms with van der Waals surface area (Å²) in [6.45, 7) is 10.1. The zero-order valence-corrected chi connectivity index (χ0v) is 26.9. The number of aryl methyl sites for hydroxylation is 1. The Labute approximate surface area is 263 Å². The van der Waals surface area contributed by atoms with Crippen molar-refractivity contribution in [3.63, 3.8) is 0 Å². The van der Waals surface area contributed by atoms with Gasteiger partial charge in [0.25, 0.3) is 0 Å². The van der Waals surface area contributed by atoms with E-state index in [0.717, 1.165) is 76.1 Å². The number of aromatic nitrogens is 1. The third-order valence-electron chi connectivity index (χ3n) is 8.85. The van der Waals surface area contributed by atoms with Crippen LogP contribution in [0.4, 0.5) is 10.5 Å². The Morgan fingerprint density at radius 3 is 2.82 bits per heavy atom. The largest absolute Gasteiger partial charge is 0.444 e. The topological polar surface area (TPSA) is 108 Å². The molecule has 234 valence electrons. The molecule has 0 bridgehead atoms. The van der Waals surface area contributed by atoms with E-state index >= 15 is 0 Å². The number of hydrogen-bond acceptors (Lipinski definition) is 9. The molecule has 2 saturated heterocycles. The number of pyridine rings is 1. The molecule has 1 N–H and O–H groups in total. The summed E-state index contributed by atoms with van der Waals surface area (Å²) in [5.41, 5.74) is 4.48. The van der Waals surface area contributed by atoms with E-state index in [1.54, 1.807) is 6.20 Å². The van der Waals surface area contributed by atoms with Crippen molar-refractivity contribution >= 4 is 33.3 Å². The van der Waals surface area contributed by atoms with Gasteiger partial charge in [0.2, 0.25) is 0 Å². The van der Waals surface area contributed by atoms with Gasteiger partial charge in [-0.3, -0.25) is 9.88 Å². The van der Waals surface area contributed by atoms with Crippen molar-refractivity contribution in [2.24, 2.45) is 0 Å². The number of ether oxygens (including phenoxy) is 3. The van der Waals surface area contributed by atoms with Crippen LogP contribution in [0.2, 0.25) is 0 Å². The second-order valence-electron chi connectivity index (χ2n) is 13.4. The molecule has 10 heteroatoms. The lowest BCUT2D eigenvalue weighted by Gasteiger charge is -2.38. The van der Waals surface area contributed by atoms with Crippen LogP contribution in [-0.4, -0.2) is 70.9 Å². The summed E-state index contributed by atoms with van der Waals surface area (Å²) in [7, 11) is 0. The number of rotatable bonds is 6. The van der Waals surface area contributed by atoms with E-state index in [9.17, 15) is 15.2 Å². The van der Waals surface area contributed by atoms with Crippen molar-refractivity contribution in [1.29, 1.82) is 5.26 Å². The molecule has 0 spiro atoms. The average molecular weight is 619 g/mol. The molecule has 6 rings (SSSR count). The van der Waals surface area contributed by atoms with Crippen LogP contribution in [-0.2, 0) is 27.2 Å². The first-order chi connectivity index (χ1) is 21.1. The molecule has 2 fully saturated rings. The number of carbonyl (C=O) groups is 1. The third-order valence-corrected chi connectivity index (χ3v) is 9.99. The molecule has 3 atom stereocenters. The molecule has 0 aliphatic carbocycles. The van der Waals surface area contributed by atoms with Gasteiger partial charge in [-0.25, -0.2) is 4.79 Å². The molecular weight excluding hydrogens is 576 g/mol. The molecule has 1 aromatic carbocycles. The average Bonchev–Trinajstić information content (AvgIpc) is 3.60. The SMILES string of the molecule is CC(C)(C)OC(=O)N1C[C@@H](N2CCCc3cc(C#N)cc(-c4ccnc5cc(CO)sc45)c32)C[C@]1(C)COC1CCCCO1. The maximum atomic E-state index is 13.7. The van der Waals surface area contributed by atoms with Crippen molar-refractivity contribution in [1.82, 2.24) is 9.88 Å². The van der Waals surface area contributed by atoms with Gasteiger partial charge in [-0.2, -0.15) is 5.26 Å². The van der Waals surface area contributed by atoms with Crippen LogP contribution < -0.4 is 4.90 Å².